The van der Waals surface area contributed by atoms with Crippen LogP contribution in [0.15, 0.2) is 42.5 Å². The number of carbonyl (C=O) groups excluding carboxylic acids is 1. The lowest BCUT2D eigenvalue weighted by Gasteiger charge is -2.22. The van der Waals surface area contributed by atoms with Gasteiger partial charge in [0.2, 0.25) is 0 Å². The molecule has 0 radical (unpaired) electrons. The van der Waals surface area contributed by atoms with Crippen LogP contribution in [0.3, 0.4) is 0 Å². The Kier molecular flexibility index (Phi) is 4.20. The van der Waals surface area contributed by atoms with Gasteiger partial charge < -0.3 is 0 Å². The number of rotatable bonds is 4. The molecule has 0 N–H and O–H groups in total. The summed E-state index contributed by atoms with van der Waals surface area (Å²) in [4.78, 5) is 16.4. The smallest absolute Gasteiger partial charge is 0.200 e. The molecule has 0 saturated heterocycles. The van der Waals surface area contributed by atoms with Crippen LogP contribution in [-0.4, -0.2) is 20.5 Å². The van der Waals surface area contributed by atoms with Crippen LogP contribution >= 0.6 is 11.6 Å². The molecule has 106 valence electrons. The third-order valence-electron chi connectivity index (χ3n) is 3.09. The van der Waals surface area contributed by atoms with Crippen LogP contribution in [-0.2, 0) is 10.3 Å². The molecule has 0 aliphatic rings. The van der Waals surface area contributed by atoms with Gasteiger partial charge in [0.25, 0.3) is 0 Å². The van der Waals surface area contributed by atoms with Gasteiger partial charge in [-0.15, -0.1) is 0 Å². The average molecular weight is 301 g/mol. The minimum atomic E-state index is -0.982. The van der Waals surface area contributed by atoms with Gasteiger partial charge in [-0.2, -0.15) is 10.4 Å². The number of halogens is 1. The van der Waals surface area contributed by atoms with Crippen LogP contribution in [0, 0.1) is 11.3 Å². The molecule has 0 saturated carbocycles. The third kappa shape index (κ3) is 3.18. The minimum Gasteiger partial charge on any atom is -0.291 e. The normalized spacial score (nSPS) is 12.0. The molecule has 1 aromatic heterocycles. The molecule has 2 aromatic rings. The lowest BCUT2D eigenvalue weighted by atomic mass is 9.92. The van der Waals surface area contributed by atoms with Crippen LogP contribution in [0.5, 0.6) is 0 Å². The van der Waals surface area contributed by atoms with E-state index < -0.39 is 5.54 Å². The summed E-state index contributed by atoms with van der Waals surface area (Å²) in [7, 11) is 0. The van der Waals surface area contributed by atoms with Gasteiger partial charge in [-0.05, 0) is 37.6 Å². The highest BCUT2D eigenvalue weighted by atomic mass is 35.5. The SMILES string of the molecule is CC(C)(C(=O)C(C#N)=Cc1ccc(Cl)cc1)n1cncn1. The first-order valence-corrected chi connectivity index (χ1v) is 6.60. The Hall–Kier alpha value is -2.45. The first-order valence-electron chi connectivity index (χ1n) is 6.22. The van der Waals surface area contributed by atoms with E-state index in [-0.39, 0.29) is 11.4 Å². The van der Waals surface area contributed by atoms with Crippen molar-refractivity contribution in [3.63, 3.8) is 0 Å². The van der Waals surface area contributed by atoms with Crippen molar-refractivity contribution in [1.29, 1.82) is 5.26 Å². The zero-order chi connectivity index (χ0) is 15.5. The van der Waals surface area contributed by atoms with Crippen LogP contribution in [0.2, 0.25) is 5.02 Å². The van der Waals surface area contributed by atoms with Gasteiger partial charge in [-0.25, -0.2) is 9.67 Å². The van der Waals surface area contributed by atoms with E-state index in [4.69, 9.17) is 11.6 Å². The summed E-state index contributed by atoms with van der Waals surface area (Å²) in [6.45, 7) is 3.38. The number of benzene rings is 1. The molecule has 0 bridgehead atoms. The Bertz CT molecular complexity index is 709. The summed E-state index contributed by atoms with van der Waals surface area (Å²) in [6.07, 6.45) is 4.34. The fourth-order valence-corrected chi connectivity index (χ4v) is 1.93. The maximum atomic E-state index is 12.6. The Morgan fingerprint density at radius 1 is 1.38 bits per heavy atom. The van der Waals surface area contributed by atoms with Gasteiger partial charge in [0.1, 0.15) is 24.3 Å². The molecule has 2 rings (SSSR count). The quantitative estimate of drug-likeness (QED) is 0.643. The van der Waals surface area contributed by atoms with Crippen molar-refractivity contribution in [2.24, 2.45) is 0 Å². The predicted molar refractivity (Wildman–Crippen MR) is 79.4 cm³/mol. The number of nitriles is 1. The zero-order valence-corrected chi connectivity index (χ0v) is 12.4. The van der Waals surface area contributed by atoms with Crippen LogP contribution < -0.4 is 0 Å². The molecular weight excluding hydrogens is 288 g/mol. The molecule has 0 unspecified atom stereocenters. The Morgan fingerprint density at radius 3 is 2.57 bits per heavy atom. The minimum absolute atomic E-state index is 0.0535. The van der Waals surface area contributed by atoms with Crippen molar-refractivity contribution in [3.05, 3.63) is 53.1 Å². The molecule has 6 heteroatoms. The predicted octanol–water partition coefficient (Wildman–Crippen LogP) is 2.84. The summed E-state index contributed by atoms with van der Waals surface area (Å²) >= 11 is 5.81. The molecule has 21 heavy (non-hydrogen) atoms. The molecule has 5 nitrogen and oxygen atoms in total. The van der Waals surface area contributed by atoms with E-state index in [0.29, 0.717) is 5.02 Å². The topological polar surface area (TPSA) is 71.6 Å². The highest BCUT2D eigenvalue weighted by molar-refractivity contribution is 6.30. The van der Waals surface area contributed by atoms with Crippen molar-refractivity contribution >= 4 is 23.5 Å². The van der Waals surface area contributed by atoms with Crippen molar-refractivity contribution in [2.75, 3.05) is 0 Å². The number of ketones is 1. The van der Waals surface area contributed by atoms with Crippen LogP contribution in [0.25, 0.3) is 6.08 Å². The molecule has 0 aliphatic heterocycles. The fraction of sp³-hybridized carbons (Fsp3) is 0.200. The van der Waals surface area contributed by atoms with Gasteiger partial charge >= 0.3 is 0 Å². The molecular formula is C15H13ClN4O. The number of hydrogen-bond acceptors (Lipinski definition) is 4. The summed E-state index contributed by atoms with van der Waals surface area (Å²) in [5.41, 5.74) is -0.193. The van der Waals surface area contributed by atoms with E-state index in [1.54, 1.807) is 38.1 Å². The monoisotopic (exact) mass is 300 g/mol. The molecule has 0 fully saturated rings. The summed E-state index contributed by atoms with van der Waals surface area (Å²) in [5, 5.41) is 13.8. The average Bonchev–Trinajstić information content (AvgIpc) is 3.01. The second-order valence-corrected chi connectivity index (χ2v) is 5.39. The van der Waals surface area contributed by atoms with Gasteiger partial charge in [-0.3, -0.25) is 4.79 Å². The lowest BCUT2D eigenvalue weighted by Crippen LogP contribution is -2.37. The van der Waals surface area contributed by atoms with Crippen molar-refractivity contribution < 1.29 is 4.79 Å². The molecule has 0 spiro atoms. The van der Waals surface area contributed by atoms with Gasteiger partial charge in [0.15, 0.2) is 5.78 Å². The number of nitrogens with zero attached hydrogens (tertiary/aromatic N) is 4. The van der Waals surface area contributed by atoms with E-state index in [2.05, 4.69) is 10.1 Å². The van der Waals surface area contributed by atoms with Gasteiger partial charge in [0, 0.05) is 5.02 Å². The molecule has 0 aliphatic carbocycles. The largest absolute Gasteiger partial charge is 0.291 e. The summed E-state index contributed by atoms with van der Waals surface area (Å²) < 4.78 is 1.43. The van der Waals surface area contributed by atoms with Crippen LogP contribution in [0.4, 0.5) is 0 Å². The van der Waals surface area contributed by atoms with E-state index in [0.717, 1.165) is 5.56 Å². The molecule has 1 heterocycles. The number of hydrogen-bond donors (Lipinski definition) is 0. The lowest BCUT2D eigenvalue weighted by molar-refractivity contribution is -0.122. The number of carbonyl (C=O) groups is 1. The number of allylic oxidation sites excluding steroid dienone is 1. The highest BCUT2D eigenvalue weighted by Gasteiger charge is 2.33. The van der Waals surface area contributed by atoms with Crippen molar-refractivity contribution in [1.82, 2.24) is 14.8 Å². The van der Waals surface area contributed by atoms with Gasteiger partial charge in [0.05, 0.1) is 5.57 Å². The van der Waals surface area contributed by atoms with E-state index in [1.165, 1.54) is 23.4 Å². The third-order valence-corrected chi connectivity index (χ3v) is 3.35. The maximum Gasteiger partial charge on any atom is 0.200 e. The standard InChI is InChI=1S/C15H13ClN4O/c1-15(2,20-10-18-9-19-20)14(21)12(8-17)7-11-3-5-13(16)6-4-11/h3-7,9-10H,1-2H3. The first-order chi connectivity index (χ1) is 9.95. The second kappa shape index (κ2) is 5.90. The second-order valence-electron chi connectivity index (χ2n) is 4.95. The Morgan fingerprint density at radius 2 is 2.05 bits per heavy atom. The van der Waals surface area contributed by atoms with E-state index >= 15 is 0 Å². The number of aromatic nitrogens is 3. The summed E-state index contributed by atoms with van der Waals surface area (Å²) in [5.74, 6) is -0.328. The van der Waals surface area contributed by atoms with Crippen molar-refractivity contribution in [2.45, 2.75) is 19.4 Å². The molecule has 0 atom stereocenters. The maximum absolute atomic E-state index is 12.6. The van der Waals surface area contributed by atoms with Crippen LogP contribution in [0.1, 0.15) is 19.4 Å². The Balaban J connectivity index is 2.35. The molecule has 0 amide bonds. The van der Waals surface area contributed by atoms with Crippen molar-refractivity contribution in [3.8, 4) is 6.07 Å². The Labute approximate surface area is 127 Å². The first kappa shape index (κ1) is 14.9. The fourth-order valence-electron chi connectivity index (χ4n) is 1.80. The number of Topliss-reactive ketones (excluding diaryl/α,β-unsaturated/α-hetero) is 1. The van der Waals surface area contributed by atoms with Gasteiger partial charge in [-0.1, -0.05) is 23.7 Å². The summed E-state index contributed by atoms with van der Waals surface area (Å²) in [6, 6.07) is 8.85. The highest BCUT2D eigenvalue weighted by Crippen LogP contribution is 2.21. The molecule has 1 aromatic carbocycles. The van der Waals surface area contributed by atoms with E-state index in [1.807, 2.05) is 6.07 Å². The zero-order valence-electron chi connectivity index (χ0n) is 11.6. The van der Waals surface area contributed by atoms with E-state index in [9.17, 15) is 10.1 Å².